The van der Waals surface area contributed by atoms with Crippen LogP contribution in [0.1, 0.15) is 24.2 Å². The van der Waals surface area contributed by atoms with E-state index in [0.717, 1.165) is 6.07 Å². The van der Waals surface area contributed by atoms with E-state index in [1.54, 1.807) is 17.9 Å². The molecule has 1 heterocycles. The summed E-state index contributed by atoms with van der Waals surface area (Å²) in [6, 6.07) is 1.53. The summed E-state index contributed by atoms with van der Waals surface area (Å²) in [5.74, 6) is -3.86. The van der Waals surface area contributed by atoms with Gasteiger partial charge in [0.2, 0.25) is 0 Å². The molecule has 0 spiro atoms. The summed E-state index contributed by atoms with van der Waals surface area (Å²) in [7, 11) is 1.70. The molecule has 2 aromatic rings. The SMILES string of the molecule is CCNC(c1ccc(F)c(F)c1F)c1c(Br)cnn1C. The highest BCUT2D eigenvalue weighted by molar-refractivity contribution is 9.10. The Morgan fingerprint density at radius 3 is 2.55 bits per heavy atom. The molecule has 108 valence electrons. The highest BCUT2D eigenvalue weighted by atomic mass is 79.9. The van der Waals surface area contributed by atoms with Gasteiger partial charge in [0.15, 0.2) is 17.5 Å². The van der Waals surface area contributed by atoms with E-state index in [2.05, 4.69) is 26.3 Å². The smallest absolute Gasteiger partial charge is 0.194 e. The van der Waals surface area contributed by atoms with E-state index in [-0.39, 0.29) is 5.56 Å². The van der Waals surface area contributed by atoms with E-state index in [4.69, 9.17) is 0 Å². The normalized spacial score (nSPS) is 12.7. The molecule has 0 fully saturated rings. The van der Waals surface area contributed by atoms with Crippen molar-refractivity contribution in [1.29, 1.82) is 0 Å². The summed E-state index contributed by atoms with van der Waals surface area (Å²) in [6.45, 7) is 2.37. The maximum atomic E-state index is 14.0. The molecule has 20 heavy (non-hydrogen) atoms. The van der Waals surface area contributed by atoms with Gasteiger partial charge in [0.25, 0.3) is 0 Å². The molecule has 7 heteroatoms. The second kappa shape index (κ2) is 5.97. The Kier molecular flexibility index (Phi) is 4.49. The van der Waals surface area contributed by atoms with Gasteiger partial charge in [-0.1, -0.05) is 13.0 Å². The molecule has 1 atom stereocenters. The van der Waals surface area contributed by atoms with Crippen molar-refractivity contribution in [3.63, 3.8) is 0 Å². The van der Waals surface area contributed by atoms with Crippen LogP contribution in [0, 0.1) is 17.5 Å². The number of nitrogens with one attached hydrogen (secondary N) is 1. The van der Waals surface area contributed by atoms with Gasteiger partial charge >= 0.3 is 0 Å². The van der Waals surface area contributed by atoms with E-state index in [1.165, 1.54) is 6.07 Å². The van der Waals surface area contributed by atoms with Gasteiger partial charge in [-0.3, -0.25) is 4.68 Å². The third-order valence-electron chi connectivity index (χ3n) is 3.00. The van der Waals surface area contributed by atoms with Gasteiger partial charge in [-0.2, -0.15) is 5.10 Å². The minimum absolute atomic E-state index is 0.0371. The highest BCUT2D eigenvalue weighted by Crippen LogP contribution is 2.30. The maximum absolute atomic E-state index is 14.0. The number of hydrogen-bond donors (Lipinski definition) is 1. The van der Waals surface area contributed by atoms with E-state index in [9.17, 15) is 13.2 Å². The Hall–Kier alpha value is -1.34. The van der Waals surface area contributed by atoms with E-state index in [1.807, 2.05) is 6.92 Å². The van der Waals surface area contributed by atoms with Crippen molar-refractivity contribution < 1.29 is 13.2 Å². The Morgan fingerprint density at radius 1 is 1.30 bits per heavy atom. The Balaban J connectivity index is 2.58. The number of rotatable bonds is 4. The monoisotopic (exact) mass is 347 g/mol. The fourth-order valence-corrected chi connectivity index (χ4v) is 2.64. The third kappa shape index (κ3) is 2.60. The molecule has 3 nitrogen and oxygen atoms in total. The van der Waals surface area contributed by atoms with Gasteiger partial charge in [-0.15, -0.1) is 0 Å². The lowest BCUT2D eigenvalue weighted by Gasteiger charge is -2.20. The number of aromatic nitrogens is 2. The van der Waals surface area contributed by atoms with Crippen molar-refractivity contribution in [2.24, 2.45) is 7.05 Å². The van der Waals surface area contributed by atoms with Crippen molar-refractivity contribution in [2.45, 2.75) is 13.0 Å². The molecule has 0 aliphatic rings. The zero-order valence-electron chi connectivity index (χ0n) is 10.9. The second-order valence-corrected chi connectivity index (χ2v) is 5.11. The average molecular weight is 348 g/mol. The first-order chi connectivity index (χ1) is 9.47. The first-order valence-corrected chi connectivity index (χ1v) is 6.80. The number of aryl methyl sites for hydroxylation is 1. The molecule has 2 rings (SSSR count). The lowest BCUT2D eigenvalue weighted by molar-refractivity contribution is 0.430. The van der Waals surface area contributed by atoms with Crippen LogP contribution in [-0.4, -0.2) is 16.3 Å². The summed E-state index contributed by atoms with van der Waals surface area (Å²) in [5, 5.41) is 7.10. The van der Waals surface area contributed by atoms with E-state index < -0.39 is 23.5 Å². The van der Waals surface area contributed by atoms with Crippen molar-refractivity contribution >= 4 is 15.9 Å². The Morgan fingerprint density at radius 2 is 2.00 bits per heavy atom. The second-order valence-electron chi connectivity index (χ2n) is 4.26. The van der Waals surface area contributed by atoms with Crippen LogP contribution >= 0.6 is 15.9 Å². The lowest BCUT2D eigenvalue weighted by atomic mass is 10.0. The van der Waals surface area contributed by atoms with Gasteiger partial charge < -0.3 is 5.32 Å². The quantitative estimate of drug-likeness (QED) is 0.860. The average Bonchev–Trinajstić information content (AvgIpc) is 2.74. The van der Waals surface area contributed by atoms with Gasteiger partial charge in [0.05, 0.1) is 22.4 Å². The molecular weight excluding hydrogens is 335 g/mol. The minimum atomic E-state index is -1.47. The van der Waals surface area contributed by atoms with E-state index >= 15 is 0 Å². The van der Waals surface area contributed by atoms with Crippen LogP contribution in [0.15, 0.2) is 22.8 Å². The van der Waals surface area contributed by atoms with E-state index in [0.29, 0.717) is 16.7 Å². The van der Waals surface area contributed by atoms with Crippen LogP contribution in [0.4, 0.5) is 13.2 Å². The van der Waals surface area contributed by atoms with Crippen LogP contribution in [0.25, 0.3) is 0 Å². The highest BCUT2D eigenvalue weighted by Gasteiger charge is 2.25. The largest absolute Gasteiger partial charge is 0.305 e. The number of hydrogen-bond acceptors (Lipinski definition) is 2. The summed E-state index contributed by atoms with van der Waals surface area (Å²) >= 11 is 3.33. The van der Waals surface area contributed by atoms with Crippen LogP contribution in [-0.2, 0) is 7.05 Å². The Labute approximate surface area is 122 Å². The fraction of sp³-hybridized carbons (Fsp3) is 0.308. The molecule has 0 amide bonds. The van der Waals surface area contributed by atoms with Crippen LogP contribution in [0.5, 0.6) is 0 Å². The minimum Gasteiger partial charge on any atom is -0.305 e. The molecule has 0 bridgehead atoms. The zero-order valence-corrected chi connectivity index (χ0v) is 12.5. The van der Waals surface area contributed by atoms with Crippen molar-refractivity contribution in [3.8, 4) is 0 Å². The fourth-order valence-electron chi connectivity index (χ4n) is 2.07. The van der Waals surface area contributed by atoms with Gasteiger partial charge in [0.1, 0.15) is 0 Å². The first kappa shape index (κ1) is 15.1. The lowest BCUT2D eigenvalue weighted by Crippen LogP contribution is -2.26. The van der Waals surface area contributed by atoms with Crippen LogP contribution in [0.3, 0.4) is 0 Å². The van der Waals surface area contributed by atoms with Crippen molar-refractivity contribution in [3.05, 3.63) is 51.5 Å². The molecular formula is C13H13BrF3N3. The standard InChI is InChI=1S/C13H13BrF3N3/c1-3-18-12(13-8(14)6-19-20(13)2)7-4-5-9(15)11(17)10(7)16/h4-6,12,18H,3H2,1-2H3. The van der Waals surface area contributed by atoms with Gasteiger partial charge in [-0.05, 0) is 28.5 Å². The van der Waals surface area contributed by atoms with Crippen LogP contribution < -0.4 is 5.32 Å². The molecule has 0 aliphatic heterocycles. The number of nitrogens with zero attached hydrogens (tertiary/aromatic N) is 2. The summed E-state index contributed by atoms with van der Waals surface area (Å²) in [6.07, 6.45) is 1.57. The molecule has 0 saturated heterocycles. The first-order valence-electron chi connectivity index (χ1n) is 6.01. The van der Waals surface area contributed by atoms with Gasteiger partial charge in [0, 0.05) is 12.6 Å². The van der Waals surface area contributed by atoms with Crippen molar-refractivity contribution in [1.82, 2.24) is 15.1 Å². The molecule has 0 radical (unpaired) electrons. The van der Waals surface area contributed by atoms with Gasteiger partial charge in [-0.25, -0.2) is 13.2 Å². The molecule has 1 N–H and O–H groups in total. The summed E-state index contributed by atoms with van der Waals surface area (Å²) in [5.41, 5.74) is 0.673. The molecule has 1 aromatic heterocycles. The third-order valence-corrected chi connectivity index (χ3v) is 3.61. The number of halogens is 4. The maximum Gasteiger partial charge on any atom is 0.194 e. The van der Waals surface area contributed by atoms with Crippen molar-refractivity contribution in [2.75, 3.05) is 6.54 Å². The number of benzene rings is 1. The predicted octanol–water partition coefficient (Wildman–Crippen LogP) is 3.30. The predicted molar refractivity (Wildman–Crippen MR) is 72.7 cm³/mol. The van der Waals surface area contributed by atoms with Crippen LogP contribution in [0.2, 0.25) is 0 Å². The molecule has 0 saturated carbocycles. The topological polar surface area (TPSA) is 29.9 Å². The Bertz CT molecular complexity index is 608. The molecule has 0 aliphatic carbocycles. The summed E-state index contributed by atoms with van der Waals surface area (Å²) in [4.78, 5) is 0. The molecule has 1 unspecified atom stereocenters. The molecule has 1 aromatic carbocycles. The summed E-state index contributed by atoms with van der Waals surface area (Å²) < 4.78 is 42.7. The zero-order chi connectivity index (χ0) is 14.9.